The smallest absolute Gasteiger partial charge is 0.405 e. The van der Waals surface area contributed by atoms with E-state index in [1.165, 1.54) is 0 Å². The largest absolute Gasteiger partial charge is 0.465 e. The number of fused-ring (bicyclic) bond motifs is 5. The molecule has 0 aromatic carbocycles. The summed E-state index contributed by atoms with van der Waals surface area (Å²) in [5.41, 5.74) is -3.05. The number of rotatable bonds is 3. The summed E-state index contributed by atoms with van der Waals surface area (Å²) in [6.45, 7) is 5.14. The van der Waals surface area contributed by atoms with Crippen LogP contribution in [0.3, 0.4) is 0 Å². The second-order valence-electron chi connectivity index (χ2n) is 7.59. The minimum Gasteiger partial charge on any atom is -0.465 e. The maximum Gasteiger partial charge on any atom is 0.405 e. The molecular weight excluding hydrogens is 313 g/mol. The fraction of sp³-hybridized carbons (Fsp3) is 0.875. The molecule has 2 saturated carbocycles. The average molecular weight is 334 g/mol. The van der Waals surface area contributed by atoms with Crippen LogP contribution in [-0.2, 0) is 19.1 Å². The van der Waals surface area contributed by atoms with Gasteiger partial charge >= 0.3 is 18.1 Å². The Morgan fingerprint density at radius 3 is 2.57 bits per heavy atom. The molecule has 3 rings (SSSR count). The Labute approximate surface area is 132 Å². The highest BCUT2D eigenvalue weighted by Gasteiger charge is 2.80. The van der Waals surface area contributed by atoms with Gasteiger partial charge in [0, 0.05) is 11.8 Å². The summed E-state index contributed by atoms with van der Waals surface area (Å²) in [5.74, 6) is -3.78. The third-order valence-electron chi connectivity index (χ3n) is 6.19. The van der Waals surface area contributed by atoms with Crippen molar-refractivity contribution < 1.29 is 32.2 Å². The molecule has 5 unspecified atom stereocenters. The molecule has 3 fully saturated rings. The van der Waals surface area contributed by atoms with Gasteiger partial charge in [0.1, 0.15) is 6.10 Å². The van der Waals surface area contributed by atoms with Crippen LogP contribution in [0, 0.1) is 28.6 Å². The summed E-state index contributed by atoms with van der Waals surface area (Å²) in [6, 6.07) is 0. The standard InChI is InChI=1S/C16H21F3O4/c1-4-14(2,3)12(20)23-11-6-8-5-9(11)10-7-22-13(21)15(8,10)16(17,18)19/h8-11H,4-7H2,1-3H3. The lowest BCUT2D eigenvalue weighted by Gasteiger charge is -2.39. The highest BCUT2D eigenvalue weighted by atomic mass is 19.4. The zero-order chi connectivity index (χ0) is 17.2. The van der Waals surface area contributed by atoms with E-state index in [1.54, 1.807) is 13.8 Å². The Kier molecular flexibility index (Phi) is 3.51. The van der Waals surface area contributed by atoms with Gasteiger partial charge in [-0.1, -0.05) is 6.92 Å². The number of cyclic esters (lactones) is 1. The van der Waals surface area contributed by atoms with Crippen molar-refractivity contribution in [3.05, 3.63) is 0 Å². The van der Waals surface area contributed by atoms with Gasteiger partial charge in [-0.3, -0.25) is 9.59 Å². The molecule has 130 valence electrons. The van der Waals surface area contributed by atoms with Gasteiger partial charge in [-0.2, -0.15) is 13.2 Å². The predicted octanol–water partition coefficient (Wildman–Crippen LogP) is 3.10. The second kappa shape index (κ2) is 4.86. The van der Waals surface area contributed by atoms with Gasteiger partial charge in [0.2, 0.25) is 0 Å². The first-order chi connectivity index (χ1) is 10.6. The maximum atomic E-state index is 13.6. The van der Waals surface area contributed by atoms with E-state index in [0.717, 1.165) is 0 Å². The molecule has 23 heavy (non-hydrogen) atoms. The van der Waals surface area contributed by atoms with Gasteiger partial charge in [0.15, 0.2) is 5.41 Å². The summed E-state index contributed by atoms with van der Waals surface area (Å²) < 4.78 is 51.2. The highest BCUT2D eigenvalue weighted by Crippen LogP contribution is 2.68. The van der Waals surface area contributed by atoms with Crippen molar-refractivity contribution in [2.75, 3.05) is 6.61 Å². The van der Waals surface area contributed by atoms with Crippen LogP contribution in [0.15, 0.2) is 0 Å². The Morgan fingerprint density at radius 1 is 1.35 bits per heavy atom. The third kappa shape index (κ3) is 2.04. The van der Waals surface area contributed by atoms with Crippen molar-refractivity contribution in [3.8, 4) is 0 Å². The van der Waals surface area contributed by atoms with Crippen LogP contribution in [0.5, 0.6) is 0 Å². The highest BCUT2D eigenvalue weighted by molar-refractivity contribution is 5.82. The minimum absolute atomic E-state index is 0.0846. The number of carbonyl (C=O) groups excluding carboxylic acids is 2. The van der Waals surface area contributed by atoms with Crippen LogP contribution in [-0.4, -0.2) is 30.8 Å². The zero-order valence-corrected chi connectivity index (χ0v) is 13.4. The molecule has 0 amide bonds. The fourth-order valence-electron chi connectivity index (χ4n) is 4.46. The van der Waals surface area contributed by atoms with Crippen molar-refractivity contribution in [2.24, 2.45) is 28.6 Å². The number of halogens is 3. The first kappa shape index (κ1) is 16.6. The molecular formula is C16H21F3O4. The molecule has 4 nitrogen and oxygen atoms in total. The van der Waals surface area contributed by atoms with Crippen LogP contribution in [0.25, 0.3) is 0 Å². The number of hydrogen-bond acceptors (Lipinski definition) is 4. The maximum absolute atomic E-state index is 13.6. The summed E-state index contributed by atoms with van der Waals surface area (Å²) in [6.07, 6.45) is -4.23. The monoisotopic (exact) mass is 334 g/mol. The topological polar surface area (TPSA) is 52.6 Å². The molecule has 0 aromatic rings. The Balaban J connectivity index is 1.82. The van der Waals surface area contributed by atoms with Gasteiger partial charge < -0.3 is 9.47 Å². The first-order valence-electron chi connectivity index (χ1n) is 8.00. The van der Waals surface area contributed by atoms with Crippen molar-refractivity contribution >= 4 is 11.9 Å². The molecule has 2 bridgehead atoms. The van der Waals surface area contributed by atoms with Crippen molar-refractivity contribution in [1.82, 2.24) is 0 Å². The first-order valence-corrected chi connectivity index (χ1v) is 8.00. The van der Waals surface area contributed by atoms with Gasteiger partial charge in [0.25, 0.3) is 0 Å². The van der Waals surface area contributed by atoms with E-state index < -0.39 is 46.8 Å². The molecule has 5 atom stereocenters. The molecule has 3 aliphatic rings. The molecule has 0 aromatic heterocycles. The van der Waals surface area contributed by atoms with Crippen LogP contribution >= 0.6 is 0 Å². The fourth-order valence-corrected chi connectivity index (χ4v) is 4.46. The van der Waals surface area contributed by atoms with E-state index in [2.05, 4.69) is 0 Å². The van der Waals surface area contributed by atoms with Gasteiger partial charge in [0.05, 0.1) is 12.0 Å². The van der Waals surface area contributed by atoms with E-state index >= 15 is 0 Å². The Morgan fingerprint density at radius 2 is 2.00 bits per heavy atom. The summed E-state index contributed by atoms with van der Waals surface area (Å²) in [7, 11) is 0. The average Bonchev–Trinajstić information content (AvgIpc) is 3.08. The second-order valence-corrected chi connectivity index (χ2v) is 7.59. The van der Waals surface area contributed by atoms with Crippen LogP contribution in [0.2, 0.25) is 0 Å². The molecule has 1 saturated heterocycles. The lowest BCUT2D eigenvalue weighted by Crippen LogP contribution is -2.53. The lowest BCUT2D eigenvalue weighted by molar-refractivity contribution is -0.248. The van der Waals surface area contributed by atoms with E-state index in [0.29, 0.717) is 6.42 Å². The molecule has 2 aliphatic carbocycles. The Bertz CT molecular complexity index is 542. The number of esters is 2. The molecule has 1 heterocycles. The van der Waals surface area contributed by atoms with Gasteiger partial charge in [-0.05, 0) is 39.0 Å². The number of carbonyl (C=O) groups is 2. The van der Waals surface area contributed by atoms with Crippen molar-refractivity contribution in [1.29, 1.82) is 0 Å². The van der Waals surface area contributed by atoms with Crippen LogP contribution in [0.1, 0.15) is 40.0 Å². The summed E-state index contributed by atoms with van der Waals surface area (Å²) >= 11 is 0. The Hall–Kier alpha value is -1.27. The molecule has 0 radical (unpaired) electrons. The van der Waals surface area contributed by atoms with E-state index in [4.69, 9.17) is 9.47 Å². The van der Waals surface area contributed by atoms with Crippen molar-refractivity contribution in [2.45, 2.75) is 52.3 Å². The quantitative estimate of drug-likeness (QED) is 0.744. The summed E-state index contributed by atoms with van der Waals surface area (Å²) in [5, 5.41) is 0. The van der Waals surface area contributed by atoms with E-state index in [9.17, 15) is 22.8 Å². The normalized spacial score (nSPS) is 39.3. The van der Waals surface area contributed by atoms with Gasteiger partial charge in [-0.25, -0.2) is 0 Å². The number of hydrogen-bond donors (Lipinski definition) is 0. The minimum atomic E-state index is -4.62. The third-order valence-corrected chi connectivity index (χ3v) is 6.19. The van der Waals surface area contributed by atoms with Crippen LogP contribution < -0.4 is 0 Å². The lowest BCUT2D eigenvalue weighted by atomic mass is 9.66. The SMILES string of the molecule is CCC(C)(C)C(=O)OC1CC2CC1C1COC(=O)C21C(F)(F)F. The number of alkyl halides is 3. The van der Waals surface area contributed by atoms with E-state index in [1.807, 2.05) is 6.92 Å². The van der Waals surface area contributed by atoms with Crippen LogP contribution in [0.4, 0.5) is 13.2 Å². The van der Waals surface area contributed by atoms with E-state index in [-0.39, 0.29) is 25.4 Å². The van der Waals surface area contributed by atoms with Crippen molar-refractivity contribution in [3.63, 3.8) is 0 Å². The number of ether oxygens (including phenoxy) is 2. The molecule has 0 N–H and O–H groups in total. The molecule has 0 spiro atoms. The molecule has 1 aliphatic heterocycles. The zero-order valence-electron chi connectivity index (χ0n) is 13.4. The molecule has 7 heteroatoms. The summed E-state index contributed by atoms with van der Waals surface area (Å²) in [4.78, 5) is 24.1. The van der Waals surface area contributed by atoms with Gasteiger partial charge in [-0.15, -0.1) is 0 Å². The predicted molar refractivity (Wildman–Crippen MR) is 73.1 cm³/mol.